The second kappa shape index (κ2) is 4.23. The van der Waals surface area contributed by atoms with Crippen molar-refractivity contribution in [1.82, 2.24) is 0 Å². The number of halogens is 3. The van der Waals surface area contributed by atoms with Gasteiger partial charge < -0.3 is 5.32 Å². The van der Waals surface area contributed by atoms with Gasteiger partial charge in [-0.2, -0.15) is 0 Å². The molecule has 0 radical (unpaired) electrons. The standard InChI is InChI=1S/C13H14BrF2N/c14-10-5-9(15)6-11(16)13(10)17-12(7-1-2-7)8-3-4-8/h5-8,12,17H,1-4H2. The lowest BCUT2D eigenvalue weighted by atomic mass is 10.1. The molecule has 0 heterocycles. The molecule has 0 aromatic heterocycles. The molecule has 2 fully saturated rings. The van der Waals surface area contributed by atoms with Gasteiger partial charge in [-0.15, -0.1) is 0 Å². The summed E-state index contributed by atoms with van der Waals surface area (Å²) in [7, 11) is 0. The van der Waals surface area contributed by atoms with Crippen molar-refractivity contribution in [2.45, 2.75) is 31.7 Å². The van der Waals surface area contributed by atoms with E-state index in [0.717, 1.165) is 6.07 Å². The summed E-state index contributed by atoms with van der Waals surface area (Å²) in [4.78, 5) is 0. The third-order valence-corrected chi connectivity index (χ3v) is 4.20. The zero-order valence-electron chi connectivity index (χ0n) is 9.35. The van der Waals surface area contributed by atoms with Crippen molar-refractivity contribution >= 4 is 21.6 Å². The number of hydrogen-bond donors (Lipinski definition) is 1. The van der Waals surface area contributed by atoms with Crippen LogP contribution in [-0.4, -0.2) is 6.04 Å². The molecule has 4 heteroatoms. The van der Waals surface area contributed by atoms with Gasteiger partial charge in [0.25, 0.3) is 0 Å². The van der Waals surface area contributed by atoms with E-state index in [1.807, 2.05) is 0 Å². The maximum atomic E-state index is 13.7. The topological polar surface area (TPSA) is 12.0 Å². The van der Waals surface area contributed by atoms with Crippen molar-refractivity contribution in [3.63, 3.8) is 0 Å². The highest BCUT2D eigenvalue weighted by molar-refractivity contribution is 9.10. The normalized spacial score (nSPS) is 19.8. The van der Waals surface area contributed by atoms with E-state index in [9.17, 15) is 8.78 Å². The van der Waals surface area contributed by atoms with Crippen molar-refractivity contribution in [3.8, 4) is 0 Å². The Hall–Kier alpha value is -0.640. The molecule has 0 bridgehead atoms. The summed E-state index contributed by atoms with van der Waals surface area (Å²) >= 11 is 3.22. The Morgan fingerprint density at radius 3 is 2.18 bits per heavy atom. The molecular weight excluding hydrogens is 288 g/mol. The summed E-state index contributed by atoms with van der Waals surface area (Å²) in [6.45, 7) is 0. The minimum atomic E-state index is -0.547. The Morgan fingerprint density at radius 1 is 1.12 bits per heavy atom. The van der Waals surface area contributed by atoms with Gasteiger partial charge in [-0.1, -0.05) is 0 Å². The molecule has 0 spiro atoms. The highest BCUT2D eigenvalue weighted by Crippen LogP contribution is 2.46. The molecule has 0 aliphatic heterocycles. The van der Waals surface area contributed by atoms with Crippen LogP contribution in [0.15, 0.2) is 16.6 Å². The minimum absolute atomic E-state index is 0.367. The Kier molecular flexibility index (Phi) is 2.85. The van der Waals surface area contributed by atoms with Gasteiger partial charge in [-0.3, -0.25) is 0 Å². The molecule has 1 N–H and O–H groups in total. The van der Waals surface area contributed by atoms with Gasteiger partial charge in [0.2, 0.25) is 0 Å². The largest absolute Gasteiger partial charge is 0.378 e. The fraction of sp³-hybridized carbons (Fsp3) is 0.538. The van der Waals surface area contributed by atoms with Crippen LogP contribution in [0.4, 0.5) is 14.5 Å². The SMILES string of the molecule is Fc1cc(F)c(NC(C2CC2)C2CC2)c(Br)c1. The Labute approximate surface area is 108 Å². The van der Waals surface area contributed by atoms with Gasteiger partial charge in [0.15, 0.2) is 0 Å². The van der Waals surface area contributed by atoms with Gasteiger partial charge in [0, 0.05) is 16.6 Å². The maximum Gasteiger partial charge on any atom is 0.150 e. The molecule has 2 aliphatic rings. The van der Waals surface area contributed by atoms with E-state index in [-0.39, 0.29) is 0 Å². The maximum absolute atomic E-state index is 13.7. The van der Waals surface area contributed by atoms with E-state index < -0.39 is 11.6 Å². The molecular formula is C13H14BrF2N. The summed E-state index contributed by atoms with van der Waals surface area (Å²) in [6.07, 6.45) is 4.92. The van der Waals surface area contributed by atoms with Crippen LogP contribution in [0.25, 0.3) is 0 Å². The number of anilines is 1. The number of hydrogen-bond acceptors (Lipinski definition) is 1. The summed E-state index contributed by atoms with van der Waals surface area (Å²) in [5.41, 5.74) is 0.412. The highest BCUT2D eigenvalue weighted by atomic mass is 79.9. The van der Waals surface area contributed by atoms with Crippen LogP contribution in [0, 0.1) is 23.5 Å². The van der Waals surface area contributed by atoms with Crippen LogP contribution < -0.4 is 5.32 Å². The van der Waals surface area contributed by atoms with Crippen molar-refractivity contribution in [3.05, 3.63) is 28.2 Å². The second-order valence-corrected chi connectivity index (χ2v) is 5.94. The lowest BCUT2D eigenvalue weighted by Gasteiger charge is -2.20. The number of nitrogens with one attached hydrogen (secondary N) is 1. The molecule has 0 unspecified atom stereocenters. The van der Waals surface area contributed by atoms with Gasteiger partial charge in [0.1, 0.15) is 11.6 Å². The van der Waals surface area contributed by atoms with E-state index in [1.165, 1.54) is 31.7 Å². The molecule has 1 aromatic carbocycles. The van der Waals surface area contributed by atoms with Crippen LogP contribution in [0.3, 0.4) is 0 Å². The number of benzene rings is 1. The molecule has 1 nitrogen and oxygen atoms in total. The fourth-order valence-corrected chi connectivity index (χ4v) is 2.90. The van der Waals surface area contributed by atoms with Crippen LogP contribution in [0.5, 0.6) is 0 Å². The van der Waals surface area contributed by atoms with Crippen molar-refractivity contribution in [1.29, 1.82) is 0 Å². The monoisotopic (exact) mass is 301 g/mol. The predicted molar refractivity (Wildman–Crippen MR) is 66.9 cm³/mol. The van der Waals surface area contributed by atoms with E-state index >= 15 is 0 Å². The molecule has 2 aliphatic carbocycles. The molecule has 92 valence electrons. The average molecular weight is 302 g/mol. The molecule has 0 saturated heterocycles. The smallest absolute Gasteiger partial charge is 0.150 e. The average Bonchev–Trinajstić information content (AvgIpc) is 3.12. The third kappa shape index (κ3) is 2.46. The molecule has 1 aromatic rings. The first-order chi connectivity index (χ1) is 8.15. The first-order valence-corrected chi connectivity index (χ1v) is 6.85. The lowest BCUT2D eigenvalue weighted by molar-refractivity contribution is 0.550. The van der Waals surface area contributed by atoms with E-state index in [4.69, 9.17) is 0 Å². The van der Waals surface area contributed by atoms with Crippen LogP contribution >= 0.6 is 15.9 Å². The summed E-state index contributed by atoms with van der Waals surface area (Å²) in [5.74, 6) is 0.301. The third-order valence-electron chi connectivity index (χ3n) is 3.58. The van der Waals surface area contributed by atoms with Gasteiger partial charge in [-0.05, 0) is 59.5 Å². The lowest BCUT2D eigenvalue weighted by Crippen LogP contribution is -2.25. The van der Waals surface area contributed by atoms with Gasteiger partial charge >= 0.3 is 0 Å². The first kappa shape index (κ1) is 11.5. The van der Waals surface area contributed by atoms with Crippen LogP contribution in [-0.2, 0) is 0 Å². The quantitative estimate of drug-likeness (QED) is 0.873. The van der Waals surface area contributed by atoms with E-state index in [0.29, 0.717) is 28.0 Å². The van der Waals surface area contributed by atoms with Crippen molar-refractivity contribution in [2.24, 2.45) is 11.8 Å². The predicted octanol–water partition coefficient (Wildman–Crippen LogP) is 4.33. The highest BCUT2D eigenvalue weighted by Gasteiger charge is 2.41. The number of rotatable bonds is 4. The van der Waals surface area contributed by atoms with Crippen LogP contribution in [0.2, 0.25) is 0 Å². The van der Waals surface area contributed by atoms with E-state index in [2.05, 4.69) is 21.2 Å². The van der Waals surface area contributed by atoms with Crippen molar-refractivity contribution < 1.29 is 8.78 Å². The Morgan fingerprint density at radius 2 is 1.71 bits per heavy atom. The first-order valence-electron chi connectivity index (χ1n) is 6.06. The second-order valence-electron chi connectivity index (χ2n) is 5.09. The molecule has 17 heavy (non-hydrogen) atoms. The molecule has 0 atom stereocenters. The molecule has 2 saturated carbocycles. The minimum Gasteiger partial charge on any atom is -0.378 e. The summed E-state index contributed by atoms with van der Waals surface area (Å²) < 4.78 is 27.2. The molecule has 0 amide bonds. The summed E-state index contributed by atoms with van der Waals surface area (Å²) in [5, 5.41) is 3.28. The van der Waals surface area contributed by atoms with Crippen LogP contribution in [0.1, 0.15) is 25.7 Å². The zero-order chi connectivity index (χ0) is 12.0. The summed E-state index contributed by atoms with van der Waals surface area (Å²) in [6, 6.07) is 2.61. The molecule has 3 rings (SSSR count). The zero-order valence-corrected chi connectivity index (χ0v) is 10.9. The Bertz CT molecular complexity index is 406. The fourth-order valence-electron chi connectivity index (χ4n) is 2.38. The van der Waals surface area contributed by atoms with Crippen molar-refractivity contribution in [2.75, 3.05) is 5.32 Å². The van der Waals surface area contributed by atoms with Gasteiger partial charge in [0.05, 0.1) is 5.69 Å². The Balaban J connectivity index is 1.83. The van der Waals surface area contributed by atoms with Gasteiger partial charge in [-0.25, -0.2) is 8.78 Å². The van der Waals surface area contributed by atoms with E-state index in [1.54, 1.807) is 0 Å².